The van der Waals surface area contributed by atoms with Crippen molar-refractivity contribution in [2.24, 2.45) is 0 Å². The van der Waals surface area contributed by atoms with E-state index in [0.717, 1.165) is 10.9 Å². The van der Waals surface area contributed by atoms with Crippen LogP contribution >= 0.6 is 11.8 Å². The lowest BCUT2D eigenvalue weighted by Crippen LogP contribution is -2.15. The molecule has 2 aromatic heterocycles. The topological polar surface area (TPSA) is 98.6 Å². The van der Waals surface area contributed by atoms with Crippen LogP contribution in [-0.2, 0) is 0 Å². The molecular weight excluding hydrogens is 408 g/mol. The molecule has 2 heterocycles. The van der Waals surface area contributed by atoms with Gasteiger partial charge >= 0.3 is 0 Å². The van der Waals surface area contributed by atoms with Crippen molar-refractivity contribution in [1.29, 1.82) is 5.26 Å². The predicted octanol–water partition coefficient (Wildman–Crippen LogP) is 4.97. The summed E-state index contributed by atoms with van der Waals surface area (Å²) in [7, 11) is 0. The molecule has 7 heteroatoms. The fourth-order valence-corrected chi connectivity index (χ4v) is 4.12. The maximum absolute atomic E-state index is 12.7. The molecule has 0 spiro atoms. The Kier molecular flexibility index (Phi) is 5.83. The van der Waals surface area contributed by atoms with Gasteiger partial charge < -0.3 is 10.3 Å². The molecule has 1 amide bonds. The van der Waals surface area contributed by atoms with Crippen molar-refractivity contribution < 1.29 is 9.59 Å². The van der Waals surface area contributed by atoms with Crippen LogP contribution < -0.4 is 5.32 Å². The highest BCUT2D eigenvalue weighted by molar-refractivity contribution is 8.00. The molecule has 6 nitrogen and oxygen atoms in total. The number of pyridine rings is 1. The van der Waals surface area contributed by atoms with Gasteiger partial charge in [0, 0.05) is 28.4 Å². The van der Waals surface area contributed by atoms with Gasteiger partial charge in [-0.05, 0) is 31.2 Å². The molecule has 0 aliphatic carbocycles. The second kappa shape index (κ2) is 8.86. The van der Waals surface area contributed by atoms with Crippen molar-refractivity contribution in [3.8, 4) is 6.07 Å². The number of aromatic nitrogens is 2. The number of nitriles is 1. The molecule has 0 unspecified atom stereocenters. The highest BCUT2D eigenvalue weighted by Gasteiger charge is 2.18. The Bertz CT molecular complexity index is 1320. The third-order valence-electron chi connectivity index (χ3n) is 4.80. The summed E-state index contributed by atoms with van der Waals surface area (Å²) in [5, 5.41) is 13.7. The normalized spacial score (nSPS) is 10.6. The van der Waals surface area contributed by atoms with E-state index in [2.05, 4.69) is 21.4 Å². The Hall–Kier alpha value is -3.89. The zero-order valence-corrected chi connectivity index (χ0v) is 17.5. The summed E-state index contributed by atoms with van der Waals surface area (Å²) >= 11 is 1.20. The minimum atomic E-state index is -0.334. The molecule has 4 aromatic rings. The van der Waals surface area contributed by atoms with Gasteiger partial charge in [0.2, 0.25) is 0 Å². The number of amides is 1. The molecule has 152 valence electrons. The molecule has 0 aliphatic heterocycles. The molecule has 31 heavy (non-hydrogen) atoms. The van der Waals surface area contributed by atoms with Crippen LogP contribution in [0.1, 0.15) is 32.0 Å². The number of thioether (sulfide) groups is 1. The predicted molar refractivity (Wildman–Crippen MR) is 121 cm³/mol. The first kappa shape index (κ1) is 20.4. The largest absolute Gasteiger partial charge is 0.360 e. The number of Topliss-reactive ketones (excluding diaryl/α,β-unsaturated/α-hetero) is 1. The Balaban J connectivity index is 1.52. The van der Waals surface area contributed by atoms with Crippen molar-refractivity contribution in [3.05, 3.63) is 89.2 Å². The first-order valence-electron chi connectivity index (χ1n) is 9.57. The minimum absolute atomic E-state index is 0.0586. The van der Waals surface area contributed by atoms with Crippen LogP contribution in [0.15, 0.2) is 71.9 Å². The van der Waals surface area contributed by atoms with Crippen LogP contribution in [0, 0.1) is 18.3 Å². The Labute approximate surface area is 183 Å². The summed E-state index contributed by atoms with van der Waals surface area (Å²) in [4.78, 5) is 32.9. The first-order chi connectivity index (χ1) is 15.1. The van der Waals surface area contributed by atoms with Crippen molar-refractivity contribution in [1.82, 2.24) is 9.97 Å². The van der Waals surface area contributed by atoms with Crippen LogP contribution in [-0.4, -0.2) is 27.4 Å². The Morgan fingerprint density at radius 2 is 1.84 bits per heavy atom. The number of H-pyrrole nitrogens is 1. The van der Waals surface area contributed by atoms with Gasteiger partial charge in [-0.1, -0.05) is 48.2 Å². The molecule has 0 saturated heterocycles. The van der Waals surface area contributed by atoms with E-state index >= 15 is 0 Å². The van der Waals surface area contributed by atoms with E-state index in [0.29, 0.717) is 27.5 Å². The van der Waals surface area contributed by atoms with Crippen molar-refractivity contribution >= 4 is 40.0 Å². The highest BCUT2D eigenvalue weighted by atomic mass is 32.2. The standard InChI is InChI=1S/C24H18N4O2S/c1-15-19(23(30)28-17-7-3-2-4-8-17)11-16(12-25)24(27-15)31-14-22(29)20-13-26-21-10-6-5-9-18(20)21/h2-11,13,26H,14H2,1H3,(H,28,30). The van der Waals surface area contributed by atoms with Gasteiger partial charge in [0.05, 0.1) is 22.6 Å². The third-order valence-corrected chi connectivity index (χ3v) is 5.80. The summed E-state index contributed by atoms with van der Waals surface area (Å²) in [6.07, 6.45) is 1.70. The number of carbonyl (C=O) groups is 2. The SMILES string of the molecule is Cc1nc(SCC(=O)c2c[nH]c3ccccc23)c(C#N)cc1C(=O)Nc1ccccc1. The van der Waals surface area contributed by atoms with Gasteiger partial charge in [0.1, 0.15) is 11.1 Å². The zero-order chi connectivity index (χ0) is 21.8. The molecule has 0 saturated carbocycles. The summed E-state index contributed by atoms with van der Waals surface area (Å²) in [5.74, 6) is -0.255. The van der Waals surface area contributed by atoms with Crippen LogP contribution in [0.25, 0.3) is 10.9 Å². The van der Waals surface area contributed by atoms with E-state index in [-0.39, 0.29) is 23.0 Å². The van der Waals surface area contributed by atoms with E-state index in [4.69, 9.17) is 0 Å². The summed E-state index contributed by atoms with van der Waals surface area (Å²) < 4.78 is 0. The van der Waals surface area contributed by atoms with Gasteiger partial charge in [0.25, 0.3) is 5.91 Å². The van der Waals surface area contributed by atoms with Crippen LogP contribution in [0.3, 0.4) is 0 Å². The number of aryl methyl sites for hydroxylation is 1. The van der Waals surface area contributed by atoms with Crippen molar-refractivity contribution in [2.45, 2.75) is 11.9 Å². The number of hydrogen-bond donors (Lipinski definition) is 2. The smallest absolute Gasteiger partial charge is 0.257 e. The van der Waals surface area contributed by atoms with Gasteiger partial charge in [-0.2, -0.15) is 5.26 Å². The van der Waals surface area contributed by atoms with Crippen LogP contribution in [0.5, 0.6) is 0 Å². The molecule has 4 rings (SSSR count). The van der Waals surface area contributed by atoms with E-state index in [1.165, 1.54) is 17.8 Å². The molecule has 0 aliphatic rings. The molecule has 0 atom stereocenters. The van der Waals surface area contributed by atoms with Crippen molar-refractivity contribution in [3.63, 3.8) is 0 Å². The lowest BCUT2D eigenvalue weighted by Gasteiger charge is -2.10. The van der Waals surface area contributed by atoms with Gasteiger partial charge in [0.15, 0.2) is 5.78 Å². The van der Waals surface area contributed by atoms with Crippen LogP contribution in [0.4, 0.5) is 5.69 Å². The van der Waals surface area contributed by atoms with Gasteiger partial charge in [-0.3, -0.25) is 9.59 Å². The van der Waals surface area contributed by atoms with Gasteiger partial charge in [-0.15, -0.1) is 0 Å². The Morgan fingerprint density at radius 3 is 2.61 bits per heavy atom. The average Bonchev–Trinajstić information content (AvgIpc) is 3.22. The second-order valence-corrected chi connectivity index (χ2v) is 7.83. The number of aromatic amines is 1. The molecule has 0 radical (unpaired) electrons. The summed E-state index contributed by atoms with van der Waals surface area (Å²) in [6, 6.07) is 20.3. The van der Waals surface area contributed by atoms with Gasteiger partial charge in [-0.25, -0.2) is 4.98 Å². The molecule has 2 N–H and O–H groups in total. The first-order valence-corrected chi connectivity index (χ1v) is 10.6. The number of para-hydroxylation sites is 2. The number of fused-ring (bicyclic) bond motifs is 1. The number of hydrogen-bond acceptors (Lipinski definition) is 5. The zero-order valence-electron chi connectivity index (χ0n) is 16.7. The molecule has 2 aromatic carbocycles. The van der Waals surface area contributed by atoms with E-state index in [1.807, 2.05) is 42.5 Å². The lowest BCUT2D eigenvalue weighted by atomic mass is 10.1. The van der Waals surface area contributed by atoms with E-state index < -0.39 is 0 Å². The summed E-state index contributed by atoms with van der Waals surface area (Å²) in [5.41, 5.74) is 3.25. The number of ketones is 1. The fraction of sp³-hybridized carbons (Fsp3) is 0.0833. The van der Waals surface area contributed by atoms with Crippen LogP contribution in [0.2, 0.25) is 0 Å². The Morgan fingerprint density at radius 1 is 1.10 bits per heavy atom. The quantitative estimate of drug-likeness (QED) is 0.335. The maximum Gasteiger partial charge on any atom is 0.257 e. The highest BCUT2D eigenvalue weighted by Crippen LogP contribution is 2.26. The molecular formula is C24H18N4O2S. The maximum atomic E-state index is 12.7. The molecule has 0 bridgehead atoms. The number of nitrogens with zero attached hydrogens (tertiary/aromatic N) is 2. The lowest BCUT2D eigenvalue weighted by molar-refractivity contribution is 0.101. The summed E-state index contributed by atoms with van der Waals surface area (Å²) in [6.45, 7) is 1.71. The van der Waals surface area contributed by atoms with Crippen molar-refractivity contribution in [2.75, 3.05) is 11.1 Å². The minimum Gasteiger partial charge on any atom is -0.360 e. The number of nitrogens with one attached hydrogen (secondary N) is 2. The number of carbonyl (C=O) groups excluding carboxylic acids is 2. The van der Waals surface area contributed by atoms with E-state index in [1.54, 1.807) is 25.3 Å². The number of benzene rings is 2. The second-order valence-electron chi connectivity index (χ2n) is 6.87. The fourth-order valence-electron chi connectivity index (χ4n) is 3.24. The molecule has 0 fully saturated rings. The number of rotatable bonds is 6. The third kappa shape index (κ3) is 4.34. The monoisotopic (exact) mass is 426 g/mol. The average molecular weight is 427 g/mol. The van der Waals surface area contributed by atoms with E-state index in [9.17, 15) is 14.9 Å². The number of anilines is 1.